The first-order valence-corrected chi connectivity index (χ1v) is 3.75. The number of hydrogen-bond acceptors (Lipinski definition) is 2. The number of ketones is 1. The van der Waals surface area contributed by atoms with E-state index in [0.29, 0.717) is 0 Å². The topological polar surface area (TPSA) is 34.1 Å². The Morgan fingerprint density at radius 3 is 2.62 bits per heavy atom. The predicted octanol–water partition coefficient (Wildman–Crippen LogP) is 1.55. The van der Waals surface area contributed by atoms with Crippen LogP contribution in [0.4, 0.5) is 4.39 Å². The highest BCUT2D eigenvalue weighted by atomic mass is 19.1. The lowest BCUT2D eigenvalue weighted by atomic mass is 10.2. The molecule has 0 heterocycles. The zero-order valence-electron chi connectivity index (χ0n) is 6.58. The summed E-state index contributed by atoms with van der Waals surface area (Å²) in [5.74, 6) is -1.02. The van der Waals surface area contributed by atoms with E-state index >= 15 is 0 Å². The van der Waals surface area contributed by atoms with E-state index in [0.717, 1.165) is 12.1 Å². The fourth-order valence-corrected chi connectivity index (χ4v) is 1.28. The number of allylic oxidation sites excluding steroid dienone is 1. The van der Waals surface area contributed by atoms with Crippen molar-refractivity contribution in [3.63, 3.8) is 0 Å². The molecule has 1 aromatic carbocycles. The van der Waals surface area contributed by atoms with Crippen LogP contribution in [0.3, 0.4) is 0 Å². The van der Waals surface area contributed by atoms with Crippen LogP contribution in [-0.2, 0) is 0 Å². The number of carbonyl (C=O) groups is 1. The Morgan fingerprint density at radius 2 is 1.85 bits per heavy atom. The van der Waals surface area contributed by atoms with Gasteiger partial charge in [0.05, 0.1) is 0 Å². The molecule has 0 saturated carbocycles. The summed E-state index contributed by atoms with van der Waals surface area (Å²) in [6.45, 7) is 0. The lowest BCUT2D eigenvalue weighted by Gasteiger charge is -1.88. The summed E-state index contributed by atoms with van der Waals surface area (Å²) >= 11 is 0. The normalized spacial score (nSPS) is 13.9. The highest BCUT2D eigenvalue weighted by Crippen LogP contribution is 2.26. The van der Waals surface area contributed by atoms with Crippen LogP contribution in [0.25, 0.3) is 5.83 Å². The Kier molecular flexibility index (Phi) is 1.59. The van der Waals surface area contributed by atoms with Crippen LogP contribution >= 0.6 is 0 Å². The molecule has 0 aromatic heterocycles. The average molecular weight is 176 g/mol. The molecule has 1 aromatic rings. The molecule has 2 nitrogen and oxygen atoms in total. The van der Waals surface area contributed by atoms with E-state index in [1.165, 1.54) is 18.2 Å². The quantitative estimate of drug-likeness (QED) is 0.601. The van der Waals surface area contributed by atoms with Gasteiger partial charge in [-0.15, -0.1) is 0 Å². The molecule has 2 rings (SSSR count). The molecule has 1 aliphatic carbocycles. The SMILES string of the molecule is O=C1C=C(F)c2cccc(=O)cc21. The maximum absolute atomic E-state index is 13.0. The Balaban J connectivity index is 2.83. The molecule has 0 bridgehead atoms. The van der Waals surface area contributed by atoms with Crippen molar-refractivity contribution in [3.05, 3.63) is 51.7 Å². The van der Waals surface area contributed by atoms with Crippen molar-refractivity contribution >= 4 is 11.6 Å². The molecule has 0 saturated heterocycles. The molecule has 0 radical (unpaired) electrons. The van der Waals surface area contributed by atoms with Crippen molar-refractivity contribution in [2.45, 2.75) is 0 Å². The zero-order valence-corrected chi connectivity index (χ0v) is 6.58. The van der Waals surface area contributed by atoms with Crippen molar-refractivity contribution in [2.24, 2.45) is 0 Å². The van der Waals surface area contributed by atoms with E-state index in [1.54, 1.807) is 0 Å². The van der Waals surface area contributed by atoms with Crippen LogP contribution in [0.2, 0.25) is 0 Å². The highest BCUT2D eigenvalue weighted by molar-refractivity contribution is 6.15. The van der Waals surface area contributed by atoms with E-state index in [2.05, 4.69) is 0 Å². The van der Waals surface area contributed by atoms with Crippen LogP contribution in [0, 0.1) is 0 Å². The van der Waals surface area contributed by atoms with Crippen molar-refractivity contribution in [3.8, 4) is 0 Å². The smallest absolute Gasteiger partial charge is 0.189 e. The second kappa shape index (κ2) is 2.62. The predicted molar refractivity (Wildman–Crippen MR) is 46.1 cm³/mol. The lowest BCUT2D eigenvalue weighted by Crippen LogP contribution is -1.96. The minimum Gasteiger partial charge on any atom is -0.290 e. The molecule has 64 valence electrons. The molecule has 0 unspecified atom stereocenters. The van der Waals surface area contributed by atoms with E-state index < -0.39 is 11.6 Å². The second-order valence-electron chi connectivity index (χ2n) is 2.76. The molecule has 0 amide bonds. The Morgan fingerprint density at radius 1 is 1.08 bits per heavy atom. The Bertz CT molecular complexity index is 475. The van der Waals surface area contributed by atoms with Crippen molar-refractivity contribution < 1.29 is 9.18 Å². The van der Waals surface area contributed by atoms with Gasteiger partial charge in [0.25, 0.3) is 0 Å². The van der Waals surface area contributed by atoms with E-state index in [4.69, 9.17) is 0 Å². The maximum atomic E-state index is 13.0. The first kappa shape index (κ1) is 7.86. The average Bonchev–Trinajstić information content (AvgIpc) is 2.28. The zero-order chi connectivity index (χ0) is 9.42. The lowest BCUT2D eigenvalue weighted by molar-refractivity contribution is 0.105. The van der Waals surface area contributed by atoms with E-state index in [1.807, 2.05) is 0 Å². The number of hydrogen-bond donors (Lipinski definition) is 0. The van der Waals surface area contributed by atoms with Crippen LogP contribution in [-0.4, -0.2) is 5.78 Å². The molecule has 3 heteroatoms. The third-order valence-corrected chi connectivity index (χ3v) is 1.88. The number of rotatable bonds is 0. The first-order chi connectivity index (χ1) is 6.18. The van der Waals surface area contributed by atoms with Gasteiger partial charge in [-0.3, -0.25) is 9.59 Å². The Labute approximate surface area is 73.3 Å². The van der Waals surface area contributed by atoms with Gasteiger partial charge in [-0.05, 0) is 12.1 Å². The molecule has 0 N–H and O–H groups in total. The molecule has 0 fully saturated rings. The van der Waals surface area contributed by atoms with E-state index in [9.17, 15) is 14.0 Å². The molecule has 0 aliphatic heterocycles. The monoisotopic (exact) mass is 176 g/mol. The van der Waals surface area contributed by atoms with Gasteiger partial charge in [0.1, 0.15) is 5.83 Å². The van der Waals surface area contributed by atoms with Crippen molar-refractivity contribution in [1.82, 2.24) is 0 Å². The van der Waals surface area contributed by atoms with Crippen LogP contribution in [0.1, 0.15) is 15.9 Å². The minimum atomic E-state index is -0.574. The van der Waals surface area contributed by atoms with Gasteiger partial charge in [0, 0.05) is 17.2 Å². The molecular formula is C10H5FO2. The van der Waals surface area contributed by atoms with Crippen LogP contribution in [0.5, 0.6) is 0 Å². The fraction of sp³-hybridized carbons (Fsp3) is 0. The number of fused-ring (bicyclic) bond motifs is 1. The summed E-state index contributed by atoms with van der Waals surface area (Å²) in [4.78, 5) is 22.1. The maximum Gasteiger partial charge on any atom is 0.189 e. The van der Waals surface area contributed by atoms with Gasteiger partial charge in [-0.25, -0.2) is 4.39 Å². The highest BCUT2D eigenvalue weighted by Gasteiger charge is 2.19. The second-order valence-corrected chi connectivity index (χ2v) is 2.76. The van der Waals surface area contributed by atoms with Crippen molar-refractivity contribution in [1.29, 1.82) is 0 Å². The number of halogens is 1. The summed E-state index contributed by atoms with van der Waals surface area (Å²) in [5.41, 5.74) is 0.0531. The van der Waals surface area contributed by atoms with Gasteiger partial charge in [0.15, 0.2) is 11.2 Å². The van der Waals surface area contributed by atoms with Gasteiger partial charge >= 0.3 is 0 Å². The fourth-order valence-electron chi connectivity index (χ4n) is 1.28. The third-order valence-electron chi connectivity index (χ3n) is 1.88. The molecule has 13 heavy (non-hydrogen) atoms. The standard InChI is InChI=1S/C10H5FO2/c11-9-5-10(13)8-4-6(12)2-1-3-7(8)9/h1-5H. The molecule has 0 spiro atoms. The van der Waals surface area contributed by atoms with Gasteiger partial charge in [0.2, 0.25) is 0 Å². The molecule has 1 aliphatic rings. The van der Waals surface area contributed by atoms with Crippen molar-refractivity contribution in [2.75, 3.05) is 0 Å². The summed E-state index contributed by atoms with van der Waals surface area (Å²) in [6, 6.07) is 5.31. The van der Waals surface area contributed by atoms with Crippen LogP contribution in [0.15, 0.2) is 35.1 Å². The van der Waals surface area contributed by atoms with Gasteiger partial charge in [-0.2, -0.15) is 0 Å². The first-order valence-electron chi connectivity index (χ1n) is 3.75. The summed E-state index contributed by atoms with van der Waals surface area (Å²) in [7, 11) is 0. The summed E-state index contributed by atoms with van der Waals surface area (Å²) < 4.78 is 13.0. The summed E-state index contributed by atoms with van der Waals surface area (Å²) in [6.07, 6.45) is 0.893. The third kappa shape index (κ3) is 1.18. The van der Waals surface area contributed by atoms with Crippen LogP contribution < -0.4 is 5.43 Å². The Hall–Kier alpha value is -1.77. The summed E-state index contributed by atoms with van der Waals surface area (Å²) in [5, 5.41) is 0. The molecule has 0 atom stereocenters. The molecular weight excluding hydrogens is 171 g/mol. The number of carbonyl (C=O) groups excluding carboxylic acids is 1. The minimum absolute atomic E-state index is 0.146. The van der Waals surface area contributed by atoms with E-state index in [-0.39, 0.29) is 16.6 Å². The largest absolute Gasteiger partial charge is 0.290 e. The van der Waals surface area contributed by atoms with Gasteiger partial charge in [-0.1, -0.05) is 12.1 Å². The van der Waals surface area contributed by atoms with Gasteiger partial charge < -0.3 is 0 Å².